The zero-order chi connectivity index (χ0) is 14.8. The Labute approximate surface area is 134 Å². The minimum Gasteiger partial charge on any atom is -0.247 e. The van der Waals surface area contributed by atoms with E-state index in [2.05, 4.69) is 27.6 Å². The summed E-state index contributed by atoms with van der Waals surface area (Å²) in [6, 6.07) is 16.4. The lowest BCUT2D eigenvalue weighted by Crippen LogP contribution is -1.94. The fourth-order valence-electron chi connectivity index (χ4n) is 2.11. The molecule has 0 bridgehead atoms. The van der Waals surface area contributed by atoms with Crippen LogP contribution < -0.4 is 0 Å². The Morgan fingerprint density at radius 2 is 1.14 bits per heavy atom. The summed E-state index contributed by atoms with van der Waals surface area (Å²) in [5, 5.41) is 0. The van der Waals surface area contributed by atoms with Gasteiger partial charge >= 0.3 is 0 Å². The van der Waals surface area contributed by atoms with Gasteiger partial charge in [-0.2, -0.15) is 0 Å². The van der Waals surface area contributed by atoms with E-state index in [-0.39, 0.29) is 11.6 Å². The van der Waals surface area contributed by atoms with Crippen molar-refractivity contribution in [1.29, 1.82) is 0 Å². The topological polar surface area (TPSA) is 12.9 Å². The highest BCUT2D eigenvalue weighted by molar-refractivity contribution is 14.1. The molecule has 0 aliphatic heterocycles. The minimum atomic E-state index is -0.341. The van der Waals surface area contributed by atoms with Gasteiger partial charge in [-0.05, 0) is 59.0 Å². The van der Waals surface area contributed by atoms with E-state index in [0.717, 1.165) is 3.57 Å². The van der Waals surface area contributed by atoms with Gasteiger partial charge in [0, 0.05) is 14.7 Å². The highest BCUT2D eigenvalue weighted by Gasteiger charge is 2.11. The van der Waals surface area contributed by atoms with Crippen molar-refractivity contribution in [3.8, 4) is 22.5 Å². The molecule has 0 N–H and O–H groups in total. The molecule has 4 heteroatoms. The normalized spacial score (nSPS) is 10.6. The quantitative estimate of drug-likeness (QED) is 0.539. The molecule has 0 fully saturated rings. The first-order valence-corrected chi connectivity index (χ1v) is 7.40. The molecule has 1 nitrogen and oxygen atoms in total. The summed E-state index contributed by atoms with van der Waals surface area (Å²) in [6.07, 6.45) is 0. The molecule has 0 saturated carbocycles. The van der Waals surface area contributed by atoms with Crippen LogP contribution in [0.3, 0.4) is 0 Å². The maximum absolute atomic E-state index is 13.9. The molecule has 0 aliphatic rings. The lowest BCUT2D eigenvalue weighted by molar-refractivity contribution is 0.630. The molecule has 1 heterocycles. The molecule has 21 heavy (non-hydrogen) atoms. The fraction of sp³-hybridized carbons (Fsp3) is 0. The van der Waals surface area contributed by atoms with Gasteiger partial charge in [0.15, 0.2) is 0 Å². The second-order valence-electron chi connectivity index (χ2n) is 4.52. The van der Waals surface area contributed by atoms with Crippen molar-refractivity contribution >= 4 is 22.6 Å². The van der Waals surface area contributed by atoms with E-state index in [4.69, 9.17) is 0 Å². The first-order valence-electron chi connectivity index (χ1n) is 6.32. The minimum absolute atomic E-state index is 0.341. The van der Waals surface area contributed by atoms with Crippen LogP contribution >= 0.6 is 22.6 Å². The highest BCUT2D eigenvalue weighted by atomic mass is 127. The zero-order valence-electron chi connectivity index (χ0n) is 10.9. The standard InChI is InChI=1S/C17H10F2IN/c18-14-7-3-1-5-12(14)16-9-11(20)10-17(21-16)13-6-2-4-8-15(13)19/h1-10H. The van der Waals surface area contributed by atoms with Crippen molar-refractivity contribution in [2.24, 2.45) is 0 Å². The summed E-state index contributed by atoms with van der Waals surface area (Å²) in [4.78, 5) is 4.41. The maximum Gasteiger partial charge on any atom is 0.132 e. The van der Waals surface area contributed by atoms with Crippen molar-refractivity contribution in [3.63, 3.8) is 0 Å². The number of hydrogen-bond acceptors (Lipinski definition) is 1. The molecule has 0 unspecified atom stereocenters. The first kappa shape index (κ1) is 14.1. The molecule has 0 amide bonds. The molecule has 1 aromatic heterocycles. The van der Waals surface area contributed by atoms with Crippen molar-refractivity contribution < 1.29 is 8.78 Å². The Morgan fingerprint density at radius 1 is 0.714 bits per heavy atom. The van der Waals surface area contributed by atoms with E-state index in [0.29, 0.717) is 22.5 Å². The van der Waals surface area contributed by atoms with Gasteiger partial charge in [-0.25, -0.2) is 13.8 Å². The third-order valence-corrected chi connectivity index (χ3v) is 3.71. The second kappa shape index (κ2) is 5.89. The Morgan fingerprint density at radius 3 is 1.57 bits per heavy atom. The van der Waals surface area contributed by atoms with Gasteiger partial charge in [0.2, 0.25) is 0 Å². The predicted molar refractivity (Wildman–Crippen MR) is 87.7 cm³/mol. The van der Waals surface area contributed by atoms with E-state index < -0.39 is 0 Å². The number of halogens is 3. The van der Waals surface area contributed by atoms with Crippen molar-refractivity contribution in [2.45, 2.75) is 0 Å². The monoisotopic (exact) mass is 393 g/mol. The van der Waals surface area contributed by atoms with Crippen molar-refractivity contribution in [1.82, 2.24) is 4.98 Å². The number of benzene rings is 2. The Hall–Kier alpha value is -1.82. The molecule has 3 rings (SSSR count). The summed E-state index contributed by atoms with van der Waals surface area (Å²) < 4.78 is 28.7. The molecule has 0 radical (unpaired) electrons. The van der Waals surface area contributed by atoms with Crippen LogP contribution in [0.25, 0.3) is 22.5 Å². The Balaban J connectivity index is 2.18. The summed E-state index contributed by atoms with van der Waals surface area (Å²) >= 11 is 2.12. The Bertz CT molecular complexity index is 739. The molecule has 0 spiro atoms. The lowest BCUT2D eigenvalue weighted by Gasteiger charge is -2.08. The average Bonchev–Trinajstić information content (AvgIpc) is 2.47. The summed E-state index contributed by atoms with van der Waals surface area (Å²) in [6.45, 7) is 0. The van der Waals surface area contributed by atoms with Crippen LogP contribution in [0.5, 0.6) is 0 Å². The zero-order valence-corrected chi connectivity index (χ0v) is 13.0. The summed E-state index contributed by atoms with van der Waals surface area (Å²) in [5.41, 5.74) is 1.82. The highest BCUT2D eigenvalue weighted by Crippen LogP contribution is 2.28. The largest absolute Gasteiger partial charge is 0.247 e. The summed E-state index contributed by atoms with van der Waals surface area (Å²) in [5.74, 6) is -0.682. The summed E-state index contributed by atoms with van der Waals surface area (Å²) in [7, 11) is 0. The molecule has 0 saturated heterocycles. The first-order chi connectivity index (χ1) is 10.1. The van der Waals surface area contributed by atoms with Crippen LogP contribution in [0.2, 0.25) is 0 Å². The van der Waals surface area contributed by atoms with Crippen LogP contribution in [0, 0.1) is 15.2 Å². The number of rotatable bonds is 2. The molecule has 104 valence electrons. The third kappa shape index (κ3) is 2.95. The molecule has 2 aromatic carbocycles. The number of aromatic nitrogens is 1. The molecular weight excluding hydrogens is 383 g/mol. The maximum atomic E-state index is 13.9. The molecular formula is C17H10F2IN. The van der Waals surface area contributed by atoms with Crippen LogP contribution in [0.15, 0.2) is 60.7 Å². The lowest BCUT2D eigenvalue weighted by atomic mass is 10.1. The van der Waals surface area contributed by atoms with Gasteiger partial charge < -0.3 is 0 Å². The second-order valence-corrected chi connectivity index (χ2v) is 5.76. The molecule has 3 aromatic rings. The van der Waals surface area contributed by atoms with Crippen LogP contribution in [0.4, 0.5) is 8.78 Å². The van der Waals surface area contributed by atoms with Gasteiger partial charge in [-0.15, -0.1) is 0 Å². The number of pyridine rings is 1. The SMILES string of the molecule is Fc1ccccc1-c1cc(I)cc(-c2ccccc2F)n1. The van der Waals surface area contributed by atoms with E-state index in [1.807, 2.05) is 0 Å². The average molecular weight is 393 g/mol. The van der Waals surface area contributed by atoms with E-state index in [1.165, 1.54) is 12.1 Å². The van der Waals surface area contributed by atoms with Gasteiger partial charge in [0.05, 0.1) is 11.4 Å². The smallest absolute Gasteiger partial charge is 0.132 e. The van der Waals surface area contributed by atoms with Crippen molar-refractivity contribution in [2.75, 3.05) is 0 Å². The van der Waals surface area contributed by atoms with E-state index in [9.17, 15) is 8.78 Å². The van der Waals surface area contributed by atoms with Gasteiger partial charge in [-0.3, -0.25) is 0 Å². The van der Waals surface area contributed by atoms with Crippen molar-refractivity contribution in [3.05, 3.63) is 75.9 Å². The fourth-order valence-corrected chi connectivity index (χ4v) is 2.70. The van der Waals surface area contributed by atoms with Gasteiger partial charge in [0.1, 0.15) is 11.6 Å². The molecule has 0 atom stereocenters. The molecule has 0 aliphatic carbocycles. The third-order valence-electron chi connectivity index (χ3n) is 3.09. The van der Waals surface area contributed by atoms with Gasteiger partial charge in [-0.1, -0.05) is 24.3 Å². The predicted octanol–water partition coefficient (Wildman–Crippen LogP) is 5.30. The van der Waals surface area contributed by atoms with E-state index in [1.54, 1.807) is 48.5 Å². The van der Waals surface area contributed by atoms with Gasteiger partial charge in [0.25, 0.3) is 0 Å². The number of hydrogen-bond donors (Lipinski definition) is 0. The Kier molecular flexibility index (Phi) is 3.96. The van der Waals surface area contributed by atoms with E-state index >= 15 is 0 Å². The van der Waals surface area contributed by atoms with Crippen LogP contribution in [-0.2, 0) is 0 Å². The number of nitrogens with zero attached hydrogens (tertiary/aromatic N) is 1. The van der Waals surface area contributed by atoms with Crippen LogP contribution in [-0.4, -0.2) is 4.98 Å². The van der Waals surface area contributed by atoms with Crippen LogP contribution in [0.1, 0.15) is 0 Å².